The fourth-order valence-electron chi connectivity index (χ4n) is 5.71. The second-order valence-electron chi connectivity index (χ2n) is 11.7. The van der Waals surface area contributed by atoms with E-state index in [1.54, 1.807) is 29.0 Å². The number of amides is 1. The number of H-pyrrole nitrogens is 1. The van der Waals surface area contributed by atoms with Gasteiger partial charge in [0, 0.05) is 73.8 Å². The van der Waals surface area contributed by atoms with Gasteiger partial charge in [-0.25, -0.2) is 14.4 Å². The molecule has 4 atom stereocenters. The monoisotopic (exact) mass is 694 g/mol. The van der Waals surface area contributed by atoms with Gasteiger partial charge in [-0.05, 0) is 55.0 Å². The van der Waals surface area contributed by atoms with E-state index in [0.29, 0.717) is 55.3 Å². The number of halogens is 1. The van der Waals surface area contributed by atoms with E-state index in [2.05, 4.69) is 76.5 Å². The number of aromatic amines is 1. The standard InChI is InChI=1S/C34H44FN8O3PS/c1-4-10-42(32(44)21-39-45)11-6-16-46-30-8-7-25(18-26(30)20-36)33-28-19-29(40-34(28)38-23-37-33)27(5-2)24(3)9-12-43-14-13-41(15-17-48-43)22-31(35)47/h5,7-9,12,18-19,23-24,27,31H,2,4,6,10-11,13-17,21-22,47H2,1,3H3,(H,37,38,40)/b12-9+. The van der Waals surface area contributed by atoms with Gasteiger partial charge in [0.1, 0.15) is 29.7 Å². The first-order valence-electron chi connectivity index (χ1n) is 16.2. The van der Waals surface area contributed by atoms with Gasteiger partial charge in [0.15, 0.2) is 6.54 Å². The molecule has 1 saturated heterocycles. The van der Waals surface area contributed by atoms with E-state index in [9.17, 15) is 19.4 Å². The number of nitroso groups, excluding NO2 is 1. The Morgan fingerprint density at radius 3 is 2.88 bits per heavy atom. The molecule has 1 aromatic carbocycles. The lowest BCUT2D eigenvalue weighted by Crippen LogP contribution is -2.34. The van der Waals surface area contributed by atoms with Gasteiger partial charge in [0.05, 0.1) is 17.9 Å². The Morgan fingerprint density at radius 1 is 1.31 bits per heavy atom. The summed E-state index contributed by atoms with van der Waals surface area (Å²) >= 11 is 1.75. The molecule has 1 N–H and O–H groups in total. The normalized spacial score (nSPS) is 15.9. The third-order valence-electron chi connectivity index (χ3n) is 8.17. The van der Waals surface area contributed by atoms with Crippen LogP contribution in [0.4, 0.5) is 4.39 Å². The van der Waals surface area contributed by atoms with Crippen molar-refractivity contribution in [3.8, 4) is 23.1 Å². The van der Waals surface area contributed by atoms with Gasteiger partial charge >= 0.3 is 0 Å². The Hall–Kier alpha value is -3.85. The van der Waals surface area contributed by atoms with Crippen LogP contribution in [-0.2, 0) is 4.79 Å². The third kappa shape index (κ3) is 10.1. The van der Waals surface area contributed by atoms with Crippen molar-refractivity contribution in [3.63, 3.8) is 0 Å². The Bertz CT molecular complexity index is 1610. The highest BCUT2D eigenvalue weighted by Gasteiger charge is 2.21. The number of aromatic nitrogens is 3. The Labute approximate surface area is 288 Å². The van der Waals surface area contributed by atoms with E-state index in [1.807, 2.05) is 19.1 Å². The number of nitrogens with zero attached hydrogens (tertiary/aromatic N) is 7. The van der Waals surface area contributed by atoms with Crippen LogP contribution in [0.2, 0.25) is 0 Å². The van der Waals surface area contributed by atoms with Crippen LogP contribution < -0.4 is 4.74 Å². The second kappa shape index (κ2) is 18.6. The molecule has 3 heterocycles. The van der Waals surface area contributed by atoms with E-state index in [1.165, 1.54) is 6.33 Å². The van der Waals surface area contributed by atoms with Gasteiger partial charge in [-0.2, -0.15) is 10.2 Å². The molecule has 0 bridgehead atoms. The minimum atomic E-state index is -0.911. The molecule has 4 unspecified atom stereocenters. The number of ether oxygens (including phenoxy) is 1. The van der Waals surface area contributed by atoms with Crippen molar-refractivity contribution in [2.75, 3.05) is 58.2 Å². The van der Waals surface area contributed by atoms with Gasteiger partial charge in [0.25, 0.3) is 0 Å². The van der Waals surface area contributed by atoms with Crippen molar-refractivity contribution in [1.82, 2.24) is 29.1 Å². The first-order chi connectivity index (χ1) is 23.3. The molecule has 2 aromatic heterocycles. The zero-order valence-electron chi connectivity index (χ0n) is 27.6. The first-order valence-corrected chi connectivity index (χ1v) is 17.8. The number of alkyl halides is 1. The maximum Gasteiger partial charge on any atom is 0.247 e. The molecule has 0 radical (unpaired) electrons. The summed E-state index contributed by atoms with van der Waals surface area (Å²) in [6.07, 6.45) is 9.06. The van der Waals surface area contributed by atoms with Gasteiger partial charge < -0.3 is 18.9 Å². The molecule has 1 fully saturated rings. The van der Waals surface area contributed by atoms with E-state index < -0.39 is 5.91 Å². The van der Waals surface area contributed by atoms with E-state index in [-0.39, 0.29) is 24.3 Å². The number of nitrogens with one attached hydrogen (secondary N) is 1. The number of fused-ring (bicyclic) bond motifs is 1. The molecule has 1 aliphatic heterocycles. The molecule has 0 aliphatic carbocycles. The largest absolute Gasteiger partial charge is 0.492 e. The summed E-state index contributed by atoms with van der Waals surface area (Å²) in [6.45, 7) is 12.1. The molecule has 256 valence electrons. The lowest BCUT2D eigenvalue weighted by molar-refractivity contribution is -0.129. The fourth-order valence-corrected chi connectivity index (χ4v) is 6.95. The summed E-state index contributed by atoms with van der Waals surface area (Å²) in [5.41, 5.74) is 3.48. The average Bonchev–Trinajstić information content (AvgIpc) is 3.38. The van der Waals surface area contributed by atoms with Gasteiger partial charge in [-0.15, -0.1) is 6.58 Å². The van der Waals surface area contributed by atoms with Crippen LogP contribution in [0.25, 0.3) is 22.3 Å². The van der Waals surface area contributed by atoms with E-state index in [4.69, 9.17) is 4.74 Å². The highest BCUT2D eigenvalue weighted by atomic mass is 32.2. The summed E-state index contributed by atoms with van der Waals surface area (Å²) in [4.78, 5) is 38.9. The summed E-state index contributed by atoms with van der Waals surface area (Å²) in [7, 11) is 2.23. The average molecular weight is 695 g/mol. The Kier molecular flexibility index (Phi) is 14.4. The predicted molar refractivity (Wildman–Crippen MR) is 193 cm³/mol. The van der Waals surface area contributed by atoms with Crippen molar-refractivity contribution in [2.45, 2.75) is 38.5 Å². The molecule has 14 heteroatoms. The SMILES string of the molecule is C=CC(c1cc2c(-c3ccc(OCCCN(CCC)C(=O)CN=O)c(C#N)c3)ncnc2[nH]1)C(C)/C=C/N1CCN(CC(F)P)CCS1. The van der Waals surface area contributed by atoms with Crippen molar-refractivity contribution in [3.05, 3.63) is 71.7 Å². The number of hydrogen-bond acceptors (Lipinski definition) is 10. The molecule has 1 amide bonds. The Balaban J connectivity index is 1.44. The van der Waals surface area contributed by atoms with Crippen molar-refractivity contribution >= 4 is 38.1 Å². The molecule has 3 aromatic rings. The molecule has 48 heavy (non-hydrogen) atoms. The second-order valence-corrected chi connectivity index (χ2v) is 13.5. The fraction of sp³-hybridized carbons (Fsp3) is 0.471. The molecule has 0 saturated carbocycles. The molecule has 4 rings (SSSR count). The number of nitriles is 1. The van der Waals surface area contributed by atoms with Crippen molar-refractivity contribution < 1.29 is 13.9 Å². The zero-order chi connectivity index (χ0) is 34.5. The number of allylic oxidation sites excluding steroid dienone is 2. The smallest absolute Gasteiger partial charge is 0.247 e. The quantitative estimate of drug-likeness (QED) is 0.0583. The van der Waals surface area contributed by atoms with Gasteiger partial charge in [-0.1, -0.05) is 40.4 Å². The minimum absolute atomic E-state index is 0.00937. The maximum atomic E-state index is 13.5. The van der Waals surface area contributed by atoms with Crippen LogP contribution in [0.3, 0.4) is 0 Å². The highest BCUT2D eigenvalue weighted by molar-refractivity contribution is 7.97. The summed E-state index contributed by atoms with van der Waals surface area (Å²) in [6, 6.07) is 9.67. The van der Waals surface area contributed by atoms with Crippen LogP contribution in [0, 0.1) is 22.2 Å². The summed E-state index contributed by atoms with van der Waals surface area (Å²) in [5, 5.41) is 13.5. The van der Waals surface area contributed by atoms with Gasteiger partial charge in [-0.3, -0.25) is 9.69 Å². The van der Waals surface area contributed by atoms with E-state index >= 15 is 0 Å². The highest BCUT2D eigenvalue weighted by Crippen LogP contribution is 2.34. The zero-order valence-corrected chi connectivity index (χ0v) is 29.5. The number of carbonyl (C=O) groups is 1. The van der Waals surface area contributed by atoms with Crippen LogP contribution in [0.1, 0.15) is 43.9 Å². The minimum Gasteiger partial charge on any atom is -0.492 e. The topological polar surface area (TPSA) is 131 Å². The van der Waals surface area contributed by atoms with Crippen molar-refractivity contribution in [1.29, 1.82) is 5.26 Å². The van der Waals surface area contributed by atoms with Gasteiger partial charge in [0.2, 0.25) is 5.91 Å². The summed E-state index contributed by atoms with van der Waals surface area (Å²) in [5.74, 6) is 0.267. The summed E-state index contributed by atoms with van der Waals surface area (Å²) < 4.78 is 21.6. The number of benzene rings is 1. The van der Waals surface area contributed by atoms with Crippen LogP contribution in [-0.4, -0.2) is 99.0 Å². The van der Waals surface area contributed by atoms with E-state index in [0.717, 1.165) is 48.5 Å². The molecule has 11 nitrogen and oxygen atoms in total. The molecular formula is C34H44FN8O3PS. The molecule has 0 spiro atoms. The van der Waals surface area contributed by atoms with Crippen molar-refractivity contribution in [2.24, 2.45) is 11.1 Å². The molecular weight excluding hydrogens is 650 g/mol. The third-order valence-corrected chi connectivity index (χ3v) is 9.38. The molecule has 1 aliphatic rings. The van der Waals surface area contributed by atoms with Crippen LogP contribution in [0.15, 0.2) is 60.7 Å². The lowest BCUT2D eigenvalue weighted by atomic mass is 9.91. The first kappa shape index (κ1) is 37.0. The van der Waals surface area contributed by atoms with Crippen LogP contribution >= 0.6 is 21.2 Å². The van der Waals surface area contributed by atoms with Crippen LogP contribution in [0.5, 0.6) is 5.75 Å². The predicted octanol–water partition coefficient (Wildman–Crippen LogP) is 6.13. The number of rotatable bonds is 17. The number of hydrogen-bond donors (Lipinski definition) is 1. The maximum absolute atomic E-state index is 13.5. The number of carbonyl (C=O) groups excluding carboxylic acids is 1. The Morgan fingerprint density at radius 2 is 2.15 bits per heavy atom. The lowest BCUT2D eigenvalue weighted by Gasteiger charge is -2.21.